The third kappa shape index (κ3) is 4.61. The molecular formula is C15H17F3N2O2. The first-order valence-corrected chi connectivity index (χ1v) is 7.05. The Morgan fingerprint density at radius 1 is 1.41 bits per heavy atom. The molecule has 0 bridgehead atoms. The summed E-state index contributed by atoms with van der Waals surface area (Å²) >= 11 is 0. The minimum absolute atomic E-state index is 0.131. The van der Waals surface area contributed by atoms with Gasteiger partial charge in [0, 0.05) is 18.8 Å². The molecule has 1 atom stereocenters. The van der Waals surface area contributed by atoms with Gasteiger partial charge in [0.05, 0.1) is 36.5 Å². The number of nitrogens with zero attached hydrogens (tertiary/aromatic N) is 1. The summed E-state index contributed by atoms with van der Waals surface area (Å²) < 4.78 is 49.3. The molecule has 0 amide bonds. The number of benzene rings is 1. The SMILES string of the molecule is N#Cc1ccc(NCCOCC2CCCO2)cc1C(F)(F)F. The number of nitriles is 1. The molecule has 1 aliphatic rings. The van der Waals surface area contributed by atoms with Crippen LogP contribution in [0.3, 0.4) is 0 Å². The summed E-state index contributed by atoms with van der Waals surface area (Å²) in [6.07, 6.45) is -2.39. The maximum atomic E-state index is 12.8. The van der Waals surface area contributed by atoms with Crippen LogP contribution in [0.25, 0.3) is 0 Å². The van der Waals surface area contributed by atoms with Gasteiger partial charge in [-0.1, -0.05) is 0 Å². The van der Waals surface area contributed by atoms with Crippen molar-refractivity contribution < 1.29 is 22.6 Å². The molecule has 0 spiro atoms. The summed E-state index contributed by atoms with van der Waals surface area (Å²) in [5.74, 6) is 0. The minimum Gasteiger partial charge on any atom is -0.383 e. The number of hydrogen-bond donors (Lipinski definition) is 1. The molecule has 0 aliphatic carbocycles. The molecule has 1 unspecified atom stereocenters. The summed E-state index contributed by atoms with van der Waals surface area (Å²) in [5, 5.41) is 11.6. The molecule has 0 radical (unpaired) electrons. The standard InChI is InChI=1S/C15H17F3N2O2/c16-15(17,18)14-8-12(4-3-11(14)9-19)20-5-7-21-10-13-2-1-6-22-13/h3-4,8,13,20H,1-2,5-7,10H2. The van der Waals surface area contributed by atoms with E-state index in [4.69, 9.17) is 14.7 Å². The van der Waals surface area contributed by atoms with Gasteiger partial charge < -0.3 is 14.8 Å². The maximum absolute atomic E-state index is 12.8. The van der Waals surface area contributed by atoms with Crippen molar-refractivity contribution in [2.75, 3.05) is 31.7 Å². The number of nitrogens with one attached hydrogen (secondary N) is 1. The highest BCUT2D eigenvalue weighted by Crippen LogP contribution is 2.33. The zero-order valence-corrected chi connectivity index (χ0v) is 11.9. The smallest absolute Gasteiger partial charge is 0.383 e. The monoisotopic (exact) mass is 314 g/mol. The molecule has 1 aliphatic heterocycles. The topological polar surface area (TPSA) is 54.3 Å². The molecule has 1 heterocycles. The van der Waals surface area contributed by atoms with Gasteiger partial charge in [0.2, 0.25) is 0 Å². The van der Waals surface area contributed by atoms with E-state index < -0.39 is 11.7 Å². The summed E-state index contributed by atoms with van der Waals surface area (Å²) in [6, 6.07) is 5.11. The fourth-order valence-electron chi connectivity index (χ4n) is 2.24. The largest absolute Gasteiger partial charge is 0.417 e. The zero-order chi connectivity index (χ0) is 16.0. The second-order valence-corrected chi connectivity index (χ2v) is 5.01. The molecule has 4 nitrogen and oxygen atoms in total. The summed E-state index contributed by atoms with van der Waals surface area (Å²) in [4.78, 5) is 0. The van der Waals surface area contributed by atoms with Crippen molar-refractivity contribution in [3.8, 4) is 6.07 Å². The van der Waals surface area contributed by atoms with Crippen LogP contribution >= 0.6 is 0 Å². The summed E-state index contributed by atoms with van der Waals surface area (Å²) in [7, 11) is 0. The predicted octanol–water partition coefficient (Wildman–Crippen LogP) is 3.18. The van der Waals surface area contributed by atoms with Crippen molar-refractivity contribution in [1.29, 1.82) is 5.26 Å². The Morgan fingerprint density at radius 2 is 2.23 bits per heavy atom. The van der Waals surface area contributed by atoms with Crippen LogP contribution in [0.2, 0.25) is 0 Å². The van der Waals surface area contributed by atoms with Crippen molar-refractivity contribution in [3.63, 3.8) is 0 Å². The molecule has 0 saturated carbocycles. The average Bonchev–Trinajstić information content (AvgIpc) is 2.99. The molecule has 2 rings (SSSR count). The van der Waals surface area contributed by atoms with Gasteiger partial charge in [-0.2, -0.15) is 18.4 Å². The first kappa shape index (κ1) is 16.6. The summed E-state index contributed by atoms with van der Waals surface area (Å²) in [5.41, 5.74) is -1.00. The number of hydrogen-bond acceptors (Lipinski definition) is 4. The Hall–Kier alpha value is -1.78. The van der Waals surface area contributed by atoms with Crippen LogP contribution in [-0.4, -0.2) is 32.5 Å². The lowest BCUT2D eigenvalue weighted by atomic mass is 10.1. The molecule has 1 aromatic rings. The fraction of sp³-hybridized carbons (Fsp3) is 0.533. The Kier molecular flexibility index (Phi) is 5.63. The normalized spacial score (nSPS) is 18.2. The lowest BCUT2D eigenvalue weighted by Gasteiger charge is -2.13. The van der Waals surface area contributed by atoms with E-state index in [0.717, 1.165) is 25.5 Å². The molecule has 0 aromatic heterocycles. The van der Waals surface area contributed by atoms with Gasteiger partial charge in [0.15, 0.2) is 0 Å². The van der Waals surface area contributed by atoms with Crippen molar-refractivity contribution in [1.82, 2.24) is 0 Å². The molecule has 7 heteroatoms. The van der Waals surface area contributed by atoms with Gasteiger partial charge in [-0.15, -0.1) is 0 Å². The van der Waals surface area contributed by atoms with Crippen molar-refractivity contribution in [2.24, 2.45) is 0 Å². The number of ether oxygens (including phenoxy) is 2. The Bertz CT molecular complexity index is 535. The number of anilines is 1. The third-order valence-electron chi connectivity index (χ3n) is 3.35. The second kappa shape index (κ2) is 7.47. The highest BCUT2D eigenvalue weighted by atomic mass is 19.4. The van der Waals surface area contributed by atoms with E-state index in [0.29, 0.717) is 25.4 Å². The molecule has 1 saturated heterocycles. The Balaban J connectivity index is 1.81. The number of halogens is 3. The molecule has 1 N–H and O–H groups in total. The van der Waals surface area contributed by atoms with E-state index in [9.17, 15) is 13.2 Å². The van der Waals surface area contributed by atoms with E-state index >= 15 is 0 Å². The first-order valence-electron chi connectivity index (χ1n) is 7.05. The van der Waals surface area contributed by atoms with Crippen molar-refractivity contribution in [3.05, 3.63) is 29.3 Å². The van der Waals surface area contributed by atoms with E-state index in [2.05, 4.69) is 5.32 Å². The fourth-order valence-corrected chi connectivity index (χ4v) is 2.24. The lowest BCUT2D eigenvalue weighted by Crippen LogP contribution is -2.18. The van der Waals surface area contributed by atoms with Gasteiger partial charge >= 0.3 is 6.18 Å². The maximum Gasteiger partial charge on any atom is 0.417 e. The van der Waals surface area contributed by atoms with Crippen LogP contribution in [0.15, 0.2) is 18.2 Å². The number of alkyl halides is 3. The van der Waals surface area contributed by atoms with E-state index in [1.807, 2.05) is 0 Å². The molecule has 1 aromatic carbocycles. The molecule has 120 valence electrons. The predicted molar refractivity (Wildman–Crippen MR) is 74.4 cm³/mol. The van der Waals surface area contributed by atoms with Gasteiger partial charge in [0.25, 0.3) is 0 Å². The van der Waals surface area contributed by atoms with E-state index in [1.54, 1.807) is 6.07 Å². The lowest BCUT2D eigenvalue weighted by molar-refractivity contribution is -0.137. The van der Waals surface area contributed by atoms with Gasteiger partial charge in [0.1, 0.15) is 0 Å². The van der Waals surface area contributed by atoms with E-state index in [-0.39, 0.29) is 11.7 Å². The average molecular weight is 314 g/mol. The van der Waals surface area contributed by atoms with Crippen LogP contribution < -0.4 is 5.32 Å². The minimum atomic E-state index is -4.54. The first-order chi connectivity index (χ1) is 10.5. The zero-order valence-electron chi connectivity index (χ0n) is 11.9. The van der Waals surface area contributed by atoms with Crippen molar-refractivity contribution in [2.45, 2.75) is 25.1 Å². The van der Waals surface area contributed by atoms with Crippen LogP contribution in [0.1, 0.15) is 24.0 Å². The quantitative estimate of drug-likeness (QED) is 0.819. The highest BCUT2D eigenvalue weighted by molar-refractivity contribution is 5.53. The second-order valence-electron chi connectivity index (χ2n) is 5.01. The number of rotatable bonds is 6. The highest BCUT2D eigenvalue weighted by Gasteiger charge is 2.33. The van der Waals surface area contributed by atoms with Gasteiger partial charge in [-0.3, -0.25) is 0 Å². The molecule has 22 heavy (non-hydrogen) atoms. The molecular weight excluding hydrogens is 297 g/mol. The van der Waals surface area contributed by atoms with Crippen LogP contribution in [0.4, 0.5) is 18.9 Å². The summed E-state index contributed by atoms with van der Waals surface area (Å²) in [6.45, 7) is 2.03. The van der Waals surface area contributed by atoms with Gasteiger partial charge in [-0.05, 0) is 31.0 Å². The van der Waals surface area contributed by atoms with Crippen LogP contribution in [0, 0.1) is 11.3 Å². The van der Waals surface area contributed by atoms with Gasteiger partial charge in [-0.25, -0.2) is 0 Å². The van der Waals surface area contributed by atoms with Crippen molar-refractivity contribution >= 4 is 5.69 Å². The van der Waals surface area contributed by atoms with E-state index in [1.165, 1.54) is 12.1 Å². The molecule has 1 fully saturated rings. The van der Waals surface area contributed by atoms with Crippen LogP contribution in [-0.2, 0) is 15.7 Å². The Labute approximate surface area is 126 Å². The Morgan fingerprint density at radius 3 is 2.86 bits per heavy atom. The third-order valence-corrected chi connectivity index (χ3v) is 3.35. The van der Waals surface area contributed by atoms with Crippen LogP contribution in [0.5, 0.6) is 0 Å².